The zero-order valence-electron chi connectivity index (χ0n) is 17.8. The highest BCUT2D eigenvalue weighted by Crippen LogP contribution is 2.32. The Labute approximate surface area is 189 Å². The van der Waals surface area contributed by atoms with Crippen LogP contribution in [0.5, 0.6) is 0 Å². The Kier molecular flexibility index (Phi) is 5.08. The Morgan fingerprint density at radius 1 is 1.24 bits per heavy atom. The number of nitrogens with one attached hydrogen (secondary N) is 1. The van der Waals surface area contributed by atoms with Crippen molar-refractivity contribution in [3.8, 4) is 17.2 Å². The number of fused-ring (bicyclic) bond motifs is 1. The summed E-state index contributed by atoms with van der Waals surface area (Å²) in [5.74, 6) is 0.199. The van der Waals surface area contributed by atoms with Crippen LogP contribution < -0.4 is 11.1 Å². The van der Waals surface area contributed by atoms with E-state index in [2.05, 4.69) is 26.5 Å². The van der Waals surface area contributed by atoms with E-state index in [-0.39, 0.29) is 18.0 Å². The van der Waals surface area contributed by atoms with Gasteiger partial charge >= 0.3 is 6.03 Å². The number of rotatable bonds is 3. The number of anilines is 2. The number of nitrogen functional groups attached to an aromatic ring is 1. The number of nitriles is 1. The molecule has 5 rings (SSSR count). The molecule has 33 heavy (non-hydrogen) atoms. The van der Waals surface area contributed by atoms with E-state index in [1.165, 1.54) is 5.06 Å². The topological polar surface area (TPSA) is 134 Å². The van der Waals surface area contributed by atoms with E-state index in [0.717, 1.165) is 16.7 Å². The predicted octanol–water partition coefficient (Wildman–Crippen LogP) is 3.46. The standard InChI is InChI=1S/C23H20N8O2/c1-14-19(10-18(13-26-14)17-6-8-30-21(11-17)28-22(25)29-30)27-23(32)31-20(7-9-33-31)16-4-2-15(12-24)3-5-16/h2-6,8,10-11,13,20H,7,9H2,1H3,(H2,25,29)(H,27,32)/t20-/m0/s1. The monoisotopic (exact) mass is 440 g/mol. The van der Waals surface area contributed by atoms with Gasteiger partial charge in [-0.2, -0.15) is 15.3 Å². The van der Waals surface area contributed by atoms with Crippen LogP contribution in [0, 0.1) is 18.3 Å². The Morgan fingerprint density at radius 2 is 2.06 bits per heavy atom. The Bertz CT molecular complexity index is 1390. The van der Waals surface area contributed by atoms with Crippen LogP contribution in [-0.4, -0.2) is 37.3 Å². The van der Waals surface area contributed by atoms with E-state index in [9.17, 15) is 4.79 Å². The van der Waals surface area contributed by atoms with Crippen molar-refractivity contribution >= 4 is 23.3 Å². The summed E-state index contributed by atoms with van der Waals surface area (Å²) in [6.07, 6.45) is 4.17. The molecule has 0 spiro atoms. The molecule has 2 amide bonds. The molecule has 1 saturated heterocycles. The molecular weight excluding hydrogens is 420 g/mol. The largest absolute Gasteiger partial charge is 0.366 e. The Morgan fingerprint density at radius 3 is 2.85 bits per heavy atom. The van der Waals surface area contributed by atoms with Gasteiger partial charge in [-0.1, -0.05) is 12.1 Å². The zero-order valence-corrected chi connectivity index (χ0v) is 17.8. The van der Waals surface area contributed by atoms with Gasteiger partial charge in [0.15, 0.2) is 5.65 Å². The van der Waals surface area contributed by atoms with Crippen LogP contribution in [-0.2, 0) is 4.84 Å². The molecule has 0 radical (unpaired) electrons. The Balaban J connectivity index is 1.38. The molecule has 0 saturated carbocycles. The van der Waals surface area contributed by atoms with E-state index in [4.69, 9.17) is 15.8 Å². The van der Waals surface area contributed by atoms with Gasteiger partial charge < -0.3 is 11.1 Å². The third-order valence-corrected chi connectivity index (χ3v) is 5.55. The summed E-state index contributed by atoms with van der Waals surface area (Å²) in [6, 6.07) is 14.2. The van der Waals surface area contributed by atoms with Crippen molar-refractivity contribution in [2.24, 2.45) is 0 Å². The average molecular weight is 440 g/mol. The molecule has 1 atom stereocenters. The molecule has 1 aliphatic heterocycles. The lowest BCUT2D eigenvalue weighted by atomic mass is 10.0. The van der Waals surface area contributed by atoms with Crippen molar-refractivity contribution in [1.29, 1.82) is 5.26 Å². The number of amides is 2. The number of pyridine rings is 2. The van der Waals surface area contributed by atoms with Crippen molar-refractivity contribution in [1.82, 2.24) is 24.6 Å². The second-order valence-corrected chi connectivity index (χ2v) is 7.67. The van der Waals surface area contributed by atoms with Gasteiger partial charge in [-0.3, -0.25) is 9.82 Å². The summed E-state index contributed by atoms with van der Waals surface area (Å²) in [4.78, 5) is 27.3. The molecule has 0 bridgehead atoms. The molecule has 10 nitrogen and oxygen atoms in total. The number of urea groups is 1. The summed E-state index contributed by atoms with van der Waals surface area (Å²) in [6.45, 7) is 2.25. The first-order valence-electron chi connectivity index (χ1n) is 10.3. The number of hydrogen-bond acceptors (Lipinski definition) is 7. The number of carbonyl (C=O) groups is 1. The number of nitrogens with two attached hydrogens (primary N) is 1. The molecule has 0 aliphatic carbocycles. The van der Waals surface area contributed by atoms with E-state index in [0.29, 0.717) is 35.6 Å². The van der Waals surface area contributed by atoms with Crippen LogP contribution in [0.4, 0.5) is 16.4 Å². The maximum Gasteiger partial charge on any atom is 0.346 e. The molecule has 4 heterocycles. The van der Waals surface area contributed by atoms with Gasteiger partial charge in [-0.05, 0) is 48.4 Å². The summed E-state index contributed by atoms with van der Waals surface area (Å²) in [5.41, 5.74) is 10.7. The normalized spacial score (nSPS) is 15.5. The average Bonchev–Trinajstić information content (AvgIpc) is 3.46. The summed E-state index contributed by atoms with van der Waals surface area (Å²) < 4.78 is 1.59. The molecule has 0 unspecified atom stereocenters. The van der Waals surface area contributed by atoms with Gasteiger partial charge in [-0.25, -0.2) is 9.31 Å². The van der Waals surface area contributed by atoms with Gasteiger partial charge in [0.2, 0.25) is 5.95 Å². The van der Waals surface area contributed by atoms with Crippen LogP contribution in [0.3, 0.4) is 0 Å². The summed E-state index contributed by atoms with van der Waals surface area (Å²) in [5, 5.41) is 17.4. The van der Waals surface area contributed by atoms with Crippen LogP contribution in [0.2, 0.25) is 0 Å². The fourth-order valence-corrected chi connectivity index (χ4v) is 3.82. The molecule has 1 aliphatic rings. The fourth-order valence-electron chi connectivity index (χ4n) is 3.82. The number of aryl methyl sites for hydroxylation is 1. The SMILES string of the molecule is Cc1ncc(-c2ccn3nc(N)nc3c2)cc1NC(=O)N1OCC[C@H]1c1ccc(C#N)cc1. The molecule has 3 N–H and O–H groups in total. The van der Waals surface area contributed by atoms with Gasteiger partial charge in [0.05, 0.1) is 35.7 Å². The predicted molar refractivity (Wildman–Crippen MR) is 121 cm³/mol. The van der Waals surface area contributed by atoms with Crippen LogP contribution in [0.1, 0.15) is 29.3 Å². The number of aromatic nitrogens is 4. The summed E-state index contributed by atoms with van der Waals surface area (Å²) in [7, 11) is 0. The Hall–Kier alpha value is -4.49. The van der Waals surface area contributed by atoms with Gasteiger partial charge in [0.25, 0.3) is 0 Å². The minimum atomic E-state index is -0.385. The lowest BCUT2D eigenvalue weighted by Crippen LogP contribution is -2.33. The molecule has 3 aromatic heterocycles. The van der Waals surface area contributed by atoms with E-state index in [1.807, 2.05) is 37.3 Å². The highest BCUT2D eigenvalue weighted by atomic mass is 16.7. The van der Waals surface area contributed by atoms with E-state index < -0.39 is 0 Å². The first-order valence-corrected chi connectivity index (χ1v) is 10.3. The summed E-state index contributed by atoms with van der Waals surface area (Å²) >= 11 is 0. The third-order valence-electron chi connectivity index (χ3n) is 5.55. The second-order valence-electron chi connectivity index (χ2n) is 7.67. The number of carbonyl (C=O) groups excluding carboxylic acids is 1. The van der Waals surface area contributed by atoms with Crippen molar-refractivity contribution in [3.63, 3.8) is 0 Å². The number of hydrogen-bond donors (Lipinski definition) is 2. The van der Waals surface area contributed by atoms with Crippen molar-refractivity contribution in [3.05, 3.63) is 71.7 Å². The van der Waals surface area contributed by atoms with Crippen molar-refractivity contribution in [2.75, 3.05) is 17.7 Å². The van der Waals surface area contributed by atoms with Crippen molar-refractivity contribution < 1.29 is 9.63 Å². The van der Waals surface area contributed by atoms with Crippen LogP contribution in [0.25, 0.3) is 16.8 Å². The first-order chi connectivity index (χ1) is 16.0. The molecule has 1 fully saturated rings. The van der Waals surface area contributed by atoms with Crippen molar-refractivity contribution in [2.45, 2.75) is 19.4 Å². The highest BCUT2D eigenvalue weighted by Gasteiger charge is 2.32. The molecule has 1 aromatic carbocycles. The van der Waals surface area contributed by atoms with E-state index in [1.54, 1.807) is 29.0 Å². The quantitative estimate of drug-likeness (QED) is 0.498. The fraction of sp³-hybridized carbons (Fsp3) is 0.174. The third kappa shape index (κ3) is 3.93. The minimum Gasteiger partial charge on any atom is -0.366 e. The molecule has 164 valence electrons. The van der Waals surface area contributed by atoms with Crippen LogP contribution in [0.15, 0.2) is 54.9 Å². The maximum atomic E-state index is 13.1. The number of benzene rings is 1. The number of hydroxylamine groups is 2. The lowest BCUT2D eigenvalue weighted by molar-refractivity contribution is -0.0829. The van der Waals surface area contributed by atoms with Gasteiger partial charge in [0, 0.05) is 24.4 Å². The number of nitrogens with zero attached hydrogens (tertiary/aromatic N) is 6. The maximum absolute atomic E-state index is 13.1. The smallest absolute Gasteiger partial charge is 0.346 e. The minimum absolute atomic E-state index is 0.199. The van der Waals surface area contributed by atoms with E-state index >= 15 is 0 Å². The van der Waals surface area contributed by atoms with Crippen LogP contribution >= 0.6 is 0 Å². The molecular formula is C23H20N8O2. The first kappa shape index (κ1) is 20.4. The molecule has 10 heteroatoms. The zero-order chi connectivity index (χ0) is 22.9. The van der Waals surface area contributed by atoms with Gasteiger partial charge in [0.1, 0.15) is 0 Å². The van der Waals surface area contributed by atoms with Gasteiger partial charge in [-0.15, -0.1) is 5.10 Å². The molecule has 4 aromatic rings. The lowest BCUT2D eigenvalue weighted by Gasteiger charge is -2.23. The highest BCUT2D eigenvalue weighted by molar-refractivity contribution is 5.90. The second kappa shape index (κ2) is 8.22.